The van der Waals surface area contributed by atoms with Crippen LogP contribution in [0.1, 0.15) is 28.2 Å². The van der Waals surface area contributed by atoms with Gasteiger partial charge < -0.3 is 14.5 Å². The van der Waals surface area contributed by atoms with Crippen LogP contribution in [0.5, 0.6) is 0 Å². The summed E-state index contributed by atoms with van der Waals surface area (Å²) in [5.41, 5.74) is 2.15. The first-order chi connectivity index (χ1) is 13.1. The highest BCUT2D eigenvalue weighted by Gasteiger charge is 2.16. The molecule has 0 unspecified atom stereocenters. The number of amides is 1. The molecule has 3 rings (SSSR count). The van der Waals surface area contributed by atoms with Gasteiger partial charge in [0.25, 0.3) is 5.91 Å². The number of rotatable bonds is 7. The Balaban J connectivity index is 1.52. The van der Waals surface area contributed by atoms with Crippen molar-refractivity contribution in [2.75, 3.05) is 6.54 Å². The molecule has 0 aliphatic heterocycles. The predicted molar refractivity (Wildman–Crippen MR) is 98.8 cm³/mol. The number of carbonyl (C=O) groups excluding carboxylic acids is 2. The lowest BCUT2D eigenvalue weighted by atomic mass is 10.3. The Hall–Kier alpha value is -3.06. The second kappa shape index (κ2) is 8.55. The van der Waals surface area contributed by atoms with Gasteiger partial charge in [-0.05, 0) is 31.2 Å². The van der Waals surface area contributed by atoms with E-state index in [0.717, 1.165) is 5.69 Å². The van der Waals surface area contributed by atoms with Crippen molar-refractivity contribution in [1.29, 1.82) is 0 Å². The van der Waals surface area contributed by atoms with E-state index in [0.29, 0.717) is 16.4 Å². The summed E-state index contributed by atoms with van der Waals surface area (Å²) in [7, 11) is 0. The molecule has 2 heterocycles. The van der Waals surface area contributed by atoms with Crippen LogP contribution in [0.3, 0.4) is 0 Å². The molecule has 0 aliphatic carbocycles. The van der Waals surface area contributed by atoms with E-state index < -0.39 is 5.97 Å². The number of nitrogens with zero attached hydrogens (tertiary/aromatic N) is 2. The lowest BCUT2D eigenvalue weighted by molar-refractivity contribution is -0.144. The Labute approximate surface area is 160 Å². The summed E-state index contributed by atoms with van der Waals surface area (Å²) < 4.78 is 11.8. The fraction of sp³-hybridized carbons (Fsp3) is 0.211. The molecule has 0 spiro atoms. The average molecular weight is 388 g/mol. The number of hydrogen-bond donors (Lipinski definition) is 1. The highest BCUT2D eigenvalue weighted by Crippen LogP contribution is 2.24. The second-order valence-corrected chi connectivity index (χ2v) is 6.10. The van der Waals surface area contributed by atoms with Crippen LogP contribution in [0.15, 0.2) is 53.1 Å². The zero-order valence-electron chi connectivity index (χ0n) is 14.6. The Morgan fingerprint density at radius 1 is 1.22 bits per heavy atom. The highest BCUT2D eigenvalue weighted by atomic mass is 35.5. The molecule has 0 radical (unpaired) electrons. The zero-order valence-corrected chi connectivity index (χ0v) is 15.4. The normalized spacial score (nSPS) is 10.6. The number of carbonyl (C=O) groups is 2. The number of para-hydroxylation sites is 1. The molecule has 140 valence electrons. The molecular formula is C19H18ClN3O4. The van der Waals surface area contributed by atoms with Crippen molar-refractivity contribution in [3.05, 3.63) is 70.9 Å². The predicted octanol–water partition coefficient (Wildman–Crippen LogP) is 3.29. The minimum atomic E-state index is -0.447. The van der Waals surface area contributed by atoms with E-state index in [-0.39, 0.29) is 31.2 Å². The number of hydrogen-bond acceptors (Lipinski definition) is 5. The van der Waals surface area contributed by atoms with Crippen molar-refractivity contribution in [1.82, 2.24) is 15.1 Å². The summed E-state index contributed by atoms with van der Waals surface area (Å²) in [5.74, 6) is -0.632. The number of nitrogens with one attached hydrogen (secondary N) is 1. The van der Waals surface area contributed by atoms with E-state index in [9.17, 15) is 9.59 Å². The lowest BCUT2D eigenvalue weighted by Crippen LogP contribution is -2.26. The van der Waals surface area contributed by atoms with E-state index in [2.05, 4.69) is 10.4 Å². The van der Waals surface area contributed by atoms with Crippen molar-refractivity contribution in [2.45, 2.75) is 20.0 Å². The summed E-state index contributed by atoms with van der Waals surface area (Å²) >= 11 is 6.39. The molecule has 7 nitrogen and oxygen atoms in total. The average Bonchev–Trinajstić information content (AvgIpc) is 3.30. The van der Waals surface area contributed by atoms with Crippen molar-refractivity contribution < 1.29 is 18.7 Å². The Kier molecular flexibility index (Phi) is 5.93. The fourth-order valence-corrected chi connectivity index (χ4v) is 2.76. The van der Waals surface area contributed by atoms with Crippen LogP contribution in [0.2, 0.25) is 5.15 Å². The number of ether oxygens (including phenoxy) is 1. The van der Waals surface area contributed by atoms with Gasteiger partial charge in [0.1, 0.15) is 11.8 Å². The molecule has 8 heteroatoms. The van der Waals surface area contributed by atoms with E-state index in [4.69, 9.17) is 20.8 Å². The fourth-order valence-electron chi connectivity index (χ4n) is 2.43. The molecule has 0 atom stereocenters. The van der Waals surface area contributed by atoms with Gasteiger partial charge in [-0.15, -0.1) is 0 Å². The molecule has 0 bridgehead atoms. The number of halogens is 1. The van der Waals surface area contributed by atoms with Crippen LogP contribution in [-0.4, -0.2) is 28.2 Å². The van der Waals surface area contributed by atoms with E-state index in [1.807, 2.05) is 30.3 Å². The number of benzene rings is 1. The van der Waals surface area contributed by atoms with Gasteiger partial charge in [-0.25, -0.2) is 4.68 Å². The standard InChI is InChI=1S/C19H18ClN3O4/c1-13-15(18(20)23(22-13)14-6-3-2-4-7-14)12-27-17(24)9-10-21-19(25)16-8-5-11-26-16/h2-8,11H,9-10,12H2,1H3,(H,21,25). The largest absolute Gasteiger partial charge is 0.461 e. The molecule has 0 aliphatic rings. The monoisotopic (exact) mass is 387 g/mol. The van der Waals surface area contributed by atoms with E-state index in [1.165, 1.54) is 6.26 Å². The third-order valence-electron chi connectivity index (χ3n) is 3.86. The molecule has 0 saturated heterocycles. The number of aromatic nitrogens is 2. The van der Waals surface area contributed by atoms with E-state index >= 15 is 0 Å². The van der Waals surface area contributed by atoms with Gasteiger partial charge in [-0.1, -0.05) is 29.8 Å². The maximum absolute atomic E-state index is 11.9. The number of furan rings is 1. The first kappa shape index (κ1) is 18.7. The highest BCUT2D eigenvalue weighted by molar-refractivity contribution is 6.30. The van der Waals surface area contributed by atoms with Crippen LogP contribution in [-0.2, 0) is 16.1 Å². The molecule has 3 aromatic rings. The maximum atomic E-state index is 11.9. The van der Waals surface area contributed by atoms with Crippen molar-refractivity contribution in [2.24, 2.45) is 0 Å². The molecular weight excluding hydrogens is 370 g/mol. The van der Waals surface area contributed by atoms with Crippen LogP contribution >= 0.6 is 11.6 Å². The maximum Gasteiger partial charge on any atom is 0.307 e. The van der Waals surface area contributed by atoms with Crippen LogP contribution in [0, 0.1) is 6.92 Å². The minimum absolute atomic E-state index is 0.0163. The smallest absolute Gasteiger partial charge is 0.307 e. The Bertz CT molecular complexity index is 920. The van der Waals surface area contributed by atoms with Crippen LogP contribution < -0.4 is 5.32 Å². The SMILES string of the molecule is Cc1nn(-c2ccccc2)c(Cl)c1COC(=O)CCNC(=O)c1ccco1. The molecule has 2 aromatic heterocycles. The summed E-state index contributed by atoms with van der Waals surface area (Å²) in [5, 5.41) is 7.39. The second-order valence-electron chi connectivity index (χ2n) is 5.75. The van der Waals surface area contributed by atoms with Crippen LogP contribution in [0.4, 0.5) is 0 Å². The van der Waals surface area contributed by atoms with Crippen molar-refractivity contribution >= 4 is 23.5 Å². The van der Waals surface area contributed by atoms with Gasteiger partial charge in [-0.3, -0.25) is 9.59 Å². The van der Waals surface area contributed by atoms with Gasteiger partial charge in [-0.2, -0.15) is 5.10 Å². The Morgan fingerprint density at radius 2 is 2.00 bits per heavy atom. The first-order valence-electron chi connectivity index (χ1n) is 8.33. The minimum Gasteiger partial charge on any atom is -0.461 e. The zero-order chi connectivity index (χ0) is 19.2. The quantitative estimate of drug-likeness (QED) is 0.628. The molecule has 1 aromatic carbocycles. The van der Waals surface area contributed by atoms with Gasteiger partial charge in [0.15, 0.2) is 5.76 Å². The lowest BCUT2D eigenvalue weighted by Gasteiger charge is -2.06. The summed E-state index contributed by atoms with van der Waals surface area (Å²) in [6, 6.07) is 12.6. The van der Waals surface area contributed by atoms with Gasteiger partial charge in [0.05, 0.1) is 24.1 Å². The number of esters is 1. The first-order valence-corrected chi connectivity index (χ1v) is 8.71. The summed E-state index contributed by atoms with van der Waals surface area (Å²) in [4.78, 5) is 23.6. The molecule has 0 saturated carbocycles. The van der Waals surface area contributed by atoms with E-state index in [1.54, 1.807) is 23.7 Å². The molecule has 27 heavy (non-hydrogen) atoms. The third-order valence-corrected chi connectivity index (χ3v) is 4.25. The molecule has 1 N–H and O–H groups in total. The van der Waals surface area contributed by atoms with Crippen molar-refractivity contribution in [3.8, 4) is 5.69 Å². The number of aryl methyl sites for hydroxylation is 1. The van der Waals surface area contributed by atoms with Crippen molar-refractivity contribution in [3.63, 3.8) is 0 Å². The molecule has 0 fully saturated rings. The molecule has 1 amide bonds. The third kappa shape index (κ3) is 4.57. The van der Waals surface area contributed by atoms with Gasteiger partial charge >= 0.3 is 5.97 Å². The van der Waals surface area contributed by atoms with Gasteiger partial charge in [0.2, 0.25) is 0 Å². The van der Waals surface area contributed by atoms with Crippen LogP contribution in [0.25, 0.3) is 5.69 Å². The Morgan fingerprint density at radius 3 is 2.70 bits per heavy atom. The topological polar surface area (TPSA) is 86.4 Å². The van der Waals surface area contributed by atoms with Gasteiger partial charge in [0, 0.05) is 12.1 Å². The summed E-state index contributed by atoms with van der Waals surface area (Å²) in [6.45, 7) is 1.97. The summed E-state index contributed by atoms with van der Waals surface area (Å²) in [6.07, 6.45) is 1.45.